The molecule has 20 heavy (non-hydrogen) atoms. The molecule has 1 aromatic carbocycles. The number of carbonyl (C=O) groups is 1. The van der Waals surface area contributed by atoms with Crippen LogP contribution in [0.3, 0.4) is 0 Å². The predicted molar refractivity (Wildman–Crippen MR) is 73.8 cm³/mol. The van der Waals surface area contributed by atoms with Crippen molar-refractivity contribution in [2.75, 3.05) is 0 Å². The molecule has 0 spiro atoms. The molecule has 3 aromatic rings. The summed E-state index contributed by atoms with van der Waals surface area (Å²) in [7, 11) is 0. The van der Waals surface area contributed by atoms with Crippen molar-refractivity contribution in [2.24, 2.45) is 0 Å². The number of carboxylic acids is 1. The summed E-state index contributed by atoms with van der Waals surface area (Å²) >= 11 is 1.40. The van der Waals surface area contributed by atoms with E-state index < -0.39 is 5.97 Å². The first-order chi connectivity index (χ1) is 9.74. The highest BCUT2D eigenvalue weighted by atomic mass is 32.1. The Morgan fingerprint density at radius 2 is 2.10 bits per heavy atom. The Labute approximate surface area is 118 Å². The number of thiazole rings is 1. The normalized spacial score (nSPS) is 10.6. The third-order valence-corrected chi connectivity index (χ3v) is 3.51. The molecule has 0 saturated heterocycles. The molecule has 100 valence electrons. The van der Waals surface area contributed by atoms with Gasteiger partial charge in [0.25, 0.3) is 0 Å². The third kappa shape index (κ3) is 2.43. The molecule has 0 aliphatic rings. The van der Waals surface area contributed by atoms with Crippen molar-refractivity contribution in [3.63, 3.8) is 0 Å². The Hall–Kier alpha value is -2.54. The molecule has 0 atom stereocenters. The van der Waals surface area contributed by atoms with Crippen LogP contribution in [0.2, 0.25) is 0 Å². The summed E-state index contributed by atoms with van der Waals surface area (Å²) < 4.78 is 1.46. The molecule has 0 unspecified atom stereocenters. The Bertz CT molecular complexity index is 736. The zero-order valence-electron chi connectivity index (χ0n) is 10.3. The van der Waals surface area contributed by atoms with Crippen molar-refractivity contribution in [3.05, 3.63) is 47.6 Å². The molecule has 0 aliphatic carbocycles. The second-order valence-electron chi connectivity index (χ2n) is 4.09. The van der Waals surface area contributed by atoms with Crippen molar-refractivity contribution < 1.29 is 9.90 Å². The SMILES string of the molecule is O=C(O)Cc1cnnn1-c1nc(-c2ccccc2)cs1. The van der Waals surface area contributed by atoms with E-state index in [9.17, 15) is 4.79 Å². The number of hydrogen-bond acceptors (Lipinski definition) is 5. The third-order valence-electron chi connectivity index (χ3n) is 2.70. The summed E-state index contributed by atoms with van der Waals surface area (Å²) in [5.74, 6) is -0.923. The van der Waals surface area contributed by atoms with Gasteiger partial charge in [-0.2, -0.15) is 4.68 Å². The first-order valence-electron chi connectivity index (χ1n) is 5.87. The Morgan fingerprint density at radius 3 is 2.85 bits per heavy atom. The molecule has 0 fully saturated rings. The fourth-order valence-corrected chi connectivity index (χ4v) is 2.61. The first kappa shape index (κ1) is 12.5. The van der Waals surface area contributed by atoms with Gasteiger partial charge >= 0.3 is 5.97 Å². The van der Waals surface area contributed by atoms with E-state index in [1.807, 2.05) is 35.7 Å². The van der Waals surface area contributed by atoms with Gasteiger partial charge in [0.15, 0.2) is 0 Å². The molecule has 0 amide bonds. The largest absolute Gasteiger partial charge is 0.481 e. The molecule has 6 nitrogen and oxygen atoms in total. The Balaban J connectivity index is 1.95. The number of benzene rings is 1. The predicted octanol–water partition coefficient (Wildman–Crippen LogP) is 2.02. The summed E-state index contributed by atoms with van der Waals surface area (Å²) in [5.41, 5.74) is 2.35. The maximum absolute atomic E-state index is 10.8. The van der Waals surface area contributed by atoms with E-state index in [1.54, 1.807) is 0 Å². The maximum Gasteiger partial charge on any atom is 0.309 e. The molecular weight excluding hydrogens is 276 g/mol. The Morgan fingerprint density at radius 1 is 1.30 bits per heavy atom. The van der Waals surface area contributed by atoms with Gasteiger partial charge in [0.05, 0.1) is 24.0 Å². The van der Waals surface area contributed by atoms with Gasteiger partial charge in [0.2, 0.25) is 5.13 Å². The van der Waals surface area contributed by atoms with Crippen LogP contribution < -0.4 is 0 Å². The van der Waals surface area contributed by atoms with Crippen LogP contribution in [0.1, 0.15) is 5.69 Å². The van der Waals surface area contributed by atoms with E-state index in [4.69, 9.17) is 5.11 Å². The topological polar surface area (TPSA) is 80.9 Å². The van der Waals surface area contributed by atoms with Gasteiger partial charge < -0.3 is 5.11 Å². The summed E-state index contributed by atoms with van der Waals surface area (Å²) in [4.78, 5) is 15.3. The van der Waals surface area contributed by atoms with Crippen LogP contribution in [0.25, 0.3) is 16.4 Å². The van der Waals surface area contributed by atoms with Gasteiger partial charge in [-0.3, -0.25) is 4.79 Å². The number of nitrogens with zero attached hydrogens (tertiary/aromatic N) is 4. The van der Waals surface area contributed by atoms with Gasteiger partial charge in [-0.1, -0.05) is 35.5 Å². The first-order valence-corrected chi connectivity index (χ1v) is 6.74. The molecule has 0 saturated carbocycles. The van der Waals surface area contributed by atoms with E-state index in [1.165, 1.54) is 22.2 Å². The molecule has 0 aliphatic heterocycles. The van der Waals surface area contributed by atoms with Gasteiger partial charge in [-0.25, -0.2) is 4.98 Å². The van der Waals surface area contributed by atoms with Crippen molar-refractivity contribution in [3.8, 4) is 16.4 Å². The second-order valence-corrected chi connectivity index (χ2v) is 4.93. The summed E-state index contributed by atoms with van der Waals surface area (Å²) in [6.07, 6.45) is 1.31. The molecule has 0 bridgehead atoms. The lowest BCUT2D eigenvalue weighted by Gasteiger charge is -1.99. The van der Waals surface area contributed by atoms with E-state index in [0.717, 1.165) is 11.3 Å². The lowest BCUT2D eigenvalue weighted by atomic mass is 10.2. The highest BCUT2D eigenvalue weighted by Crippen LogP contribution is 2.24. The highest BCUT2D eigenvalue weighted by Gasteiger charge is 2.13. The summed E-state index contributed by atoms with van der Waals surface area (Å²) in [5, 5.41) is 19.0. The fourth-order valence-electron chi connectivity index (χ4n) is 1.80. The van der Waals surface area contributed by atoms with E-state index in [-0.39, 0.29) is 6.42 Å². The van der Waals surface area contributed by atoms with Gasteiger partial charge in [0.1, 0.15) is 0 Å². The van der Waals surface area contributed by atoms with Gasteiger partial charge in [0, 0.05) is 10.9 Å². The van der Waals surface area contributed by atoms with Crippen molar-refractivity contribution in [2.45, 2.75) is 6.42 Å². The van der Waals surface area contributed by atoms with Gasteiger partial charge in [-0.15, -0.1) is 16.4 Å². The number of carboxylic acid groups (broad SMARTS) is 1. The van der Waals surface area contributed by atoms with Crippen LogP contribution in [0.5, 0.6) is 0 Å². The highest BCUT2D eigenvalue weighted by molar-refractivity contribution is 7.12. The minimum Gasteiger partial charge on any atom is -0.481 e. The van der Waals surface area contributed by atoms with Crippen LogP contribution in [-0.4, -0.2) is 31.1 Å². The van der Waals surface area contributed by atoms with Crippen LogP contribution >= 0.6 is 11.3 Å². The molecule has 2 heterocycles. The zero-order chi connectivity index (χ0) is 13.9. The second kappa shape index (κ2) is 5.22. The van der Waals surface area contributed by atoms with Gasteiger partial charge in [-0.05, 0) is 0 Å². The van der Waals surface area contributed by atoms with E-state index in [2.05, 4.69) is 15.3 Å². The van der Waals surface area contributed by atoms with Crippen molar-refractivity contribution in [1.82, 2.24) is 20.0 Å². The number of aromatic nitrogens is 4. The Kier molecular flexibility index (Phi) is 3.26. The summed E-state index contributed by atoms with van der Waals surface area (Å²) in [6.45, 7) is 0. The fraction of sp³-hybridized carbons (Fsp3) is 0.0769. The molecule has 2 aromatic heterocycles. The molecule has 1 N–H and O–H groups in total. The van der Waals surface area contributed by atoms with Crippen LogP contribution in [0, 0.1) is 0 Å². The minimum atomic E-state index is -0.923. The summed E-state index contributed by atoms with van der Waals surface area (Å²) in [6, 6.07) is 9.77. The maximum atomic E-state index is 10.8. The zero-order valence-corrected chi connectivity index (χ0v) is 11.1. The smallest absolute Gasteiger partial charge is 0.309 e. The monoisotopic (exact) mass is 286 g/mol. The number of rotatable bonds is 4. The molecule has 7 heteroatoms. The molecule has 3 rings (SSSR count). The molecular formula is C13H10N4O2S. The van der Waals surface area contributed by atoms with Crippen LogP contribution in [0.4, 0.5) is 0 Å². The number of hydrogen-bond donors (Lipinski definition) is 1. The van der Waals surface area contributed by atoms with Crippen LogP contribution in [0.15, 0.2) is 41.9 Å². The standard InChI is InChI=1S/C13H10N4O2S/c18-12(19)6-10-7-14-16-17(10)13-15-11(8-20-13)9-4-2-1-3-5-9/h1-5,7-8H,6H2,(H,18,19). The van der Waals surface area contributed by atoms with Crippen molar-refractivity contribution in [1.29, 1.82) is 0 Å². The lowest BCUT2D eigenvalue weighted by Crippen LogP contribution is -2.07. The van der Waals surface area contributed by atoms with E-state index >= 15 is 0 Å². The number of aliphatic carboxylic acids is 1. The quantitative estimate of drug-likeness (QED) is 0.793. The van der Waals surface area contributed by atoms with Crippen LogP contribution in [-0.2, 0) is 11.2 Å². The van der Waals surface area contributed by atoms with E-state index in [0.29, 0.717) is 10.8 Å². The average Bonchev–Trinajstić information content (AvgIpc) is 3.07. The average molecular weight is 286 g/mol. The molecule has 0 radical (unpaired) electrons. The van der Waals surface area contributed by atoms with Crippen molar-refractivity contribution >= 4 is 17.3 Å². The lowest BCUT2D eigenvalue weighted by molar-refractivity contribution is -0.136. The minimum absolute atomic E-state index is 0.132.